The van der Waals surface area contributed by atoms with Crippen molar-refractivity contribution in [1.82, 2.24) is 5.32 Å². The molecule has 1 saturated carbocycles. The monoisotopic (exact) mass is 253 g/mol. The number of ether oxygens (including phenoxy) is 1. The van der Waals surface area contributed by atoms with Crippen LogP contribution in [0.5, 0.6) is 5.75 Å². The Bertz CT molecular complexity index is 361. The summed E-state index contributed by atoms with van der Waals surface area (Å²) in [5, 5.41) is 4.37. The second-order valence-corrected chi connectivity index (χ2v) is 5.04. The number of benzene rings is 1. The molecule has 0 unspecified atom stereocenters. The van der Waals surface area contributed by atoms with Crippen LogP contribution in [-0.4, -0.2) is 13.2 Å². The zero-order chi connectivity index (χ0) is 12.1. The lowest BCUT2D eigenvalue weighted by Crippen LogP contribution is -2.30. The summed E-state index contributed by atoms with van der Waals surface area (Å²) in [5.74, 6) is 0.876. The summed E-state index contributed by atoms with van der Waals surface area (Å²) < 4.78 is 5.34. The Kier molecular flexibility index (Phi) is 4.69. The Hall–Kier alpha value is -0.730. The third-order valence-corrected chi connectivity index (χ3v) is 3.82. The molecule has 94 valence electrons. The molecule has 0 saturated heterocycles. The van der Waals surface area contributed by atoms with Gasteiger partial charge in [-0.3, -0.25) is 0 Å². The number of rotatable bonds is 4. The molecule has 1 aromatic rings. The molecule has 1 fully saturated rings. The predicted molar refractivity (Wildman–Crippen MR) is 71.7 cm³/mol. The van der Waals surface area contributed by atoms with Gasteiger partial charge in [-0.1, -0.05) is 36.9 Å². The molecule has 0 radical (unpaired) electrons. The zero-order valence-electron chi connectivity index (χ0n) is 10.3. The summed E-state index contributed by atoms with van der Waals surface area (Å²) in [6.07, 6.45) is 6.64. The molecule has 0 bridgehead atoms. The van der Waals surface area contributed by atoms with Crippen LogP contribution >= 0.6 is 11.6 Å². The van der Waals surface area contributed by atoms with Crippen LogP contribution in [-0.2, 0) is 6.54 Å². The van der Waals surface area contributed by atoms with Crippen molar-refractivity contribution in [3.63, 3.8) is 0 Å². The largest absolute Gasteiger partial charge is 0.496 e. The van der Waals surface area contributed by atoms with Crippen LogP contribution in [0.2, 0.25) is 5.02 Å². The van der Waals surface area contributed by atoms with Gasteiger partial charge in [0.15, 0.2) is 0 Å². The van der Waals surface area contributed by atoms with Crippen molar-refractivity contribution in [3.8, 4) is 5.75 Å². The van der Waals surface area contributed by atoms with Crippen molar-refractivity contribution >= 4 is 11.6 Å². The number of halogens is 1. The van der Waals surface area contributed by atoms with Gasteiger partial charge in [0.2, 0.25) is 0 Å². The smallest absolute Gasteiger partial charge is 0.124 e. The summed E-state index contributed by atoms with van der Waals surface area (Å²) in [7, 11) is 1.69. The second-order valence-electron chi connectivity index (χ2n) is 4.64. The molecule has 0 spiro atoms. The topological polar surface area (TPSA) is 21.3 Å². The molecule has 0 aromatic heterocycles. The van der Waals surface area contributed by atoms with E-state index in [4.69, 9.17) is 16.3 Å². The van der Waals surface area contributed by atoms with E-state index < -0.39 is 0 Å². The van der Waals surface area contributed by atoms with Crippen molar-refractivity contribution in [3.05, 3.63) is 28.8 Å². The fraction of sp³-hybridized carbons (Fsp3) is 0.571. The first-order valence-electron chi connectivity index (χ1n) is 6.36. The van der Waals surface area contributed by atoms with E-state index in [9.17, 15) is 0 Å². The first-order chi connectivity index (χ1) is 8.31. The molecule has 2 nitrogen and oxygen atoms in total. The van der Waals surface area contributed by atoms with Crippen LogP contribution in [0.3, 0.4) is 0 Å². The highest BCUT2D eigenvalue weighted by Gasteiger charge is 2.14. The van der Waals surface area contributed by atoms with Gasteiger partial charge in [-0.05, 0) is 25.0 Å². The van der Waals surface area contributed by atoms with Gasteiger partial charge in [0, 0.05) is 23.2 Å². The molecule has 0 amide bonds. The fourth-order valence-electron chi connectivity index (χ4n) is 2.45. The van der Waals surface area contributed by atoms with Gasteiger partial charge in [-0.15, -0.1) is 0 Å². The first kappa shape index (κ1) is 12.7. The van der Waals surface area contributed by atoms with Crippen molar-refractivity contribution in [2.24, 2.45) is 0 Å². The van der Waals surface area contributed by atoms with Crippen LogP contribution in [0.1, 0.15) is 37.7 Å². The maximum absolute atomic E-state index is 6.21. The summed E-state index contributed by atoms with van der Waals surface area (Å²) in [5.41, 5.74) is 1.07. The van der Waals surface area contributed by atoms with E-state index in [2.05, 4.69) is 5.32 Å². The number of hydrogen-bond acceptors (Lipinski definition) is 2. The molecule has 1 aliphatic carbocycles. The van der Waals surface area contributed by atoms with E-state index in [1.54, 1.807) is 7.11 Å². The minimum Gasteiger partial charge on any atom is -0.496 e. The normalized spacial score (nSPS) is 17.1. The highest BCUT2D eigenvalue weighted by Crippen LogP contribution is 2.26. The third-order valence-electron chi connectivity index (χ3n) is 3.47. The van der Waals surface area contributed by atoms with Crippen LogP contribution in [0.25, 0.3) is 0 Å². The number of hydrogen-bond donors (Lipinski definition) is 1. The minimum atomic E-state index is 0.643. The predicted octanol–water partition coefficient (Wildman–Crippen LogP) is 3.77. The Morgan fingerprint density at radius 3 is 2.76 bits per heavy atom. The number of methoxy groups -OCH3 is 1. The van der Waals surface area contributed by atoms with Crippen molar-refractivity contribution in [2.75, 3.05) is 7.11 Å². The van der Waals surface area contributed by atoms with Crippen molar-refractivity contribution in [2.45, 2.75) is 44.7 Å². The Morgan fingerprint density at radius 1 is 1.29 bits per heavy atom. The molecule has 1 aromatic carbocycles. The lowest BCUT2D eigenvalue weighted by molar-refractivity contribution is 0.365. The van der Waals surface area contributed by atoms with Gasteiger partial charge in [-0.2, -0.15) is 0 Å². The van der Waals surface area contributed by atoms with E-state index in [1.165, 1.54) is 32.1 Å². The summed E-state index contributed by atoms with van der Waals surface area (Å²) in [4.78, 5) is 0. The molecule has 0 heterocycles. The summed E-state index contributed by atoms with van der Waals surface area (Å²) >= 11 is 6.21. The molecule has 1 aliphatic rings. The van der Waals surface area contributed by atoms with E-state index in [0.717, 1.165) is 22.9 Å². The fourth-order valence-corrected chi connectivity index (χ4v) is 2.69. The molecular formula is C14H20ClNO. The third kappa shape index (κ3) is 3.36. The highest BCUT2D eigenvalue weighted by atomic mass is 35.5. The SMILES string of the molecule is COc1cccc(Cl)c1CNC1CCCCC1. The number of nitrogens with one attached hydrogen (secondary N) is 1. The standard InChI is InChI=1S/C14H20ClNO/c1-17-14-9-5-8-13(15)12(14)10-16-11-6-3-2-4-7-11/h5,8-9,11,16H,2-4,6-7,10H2,1H3. The van der Waals surface area contributed by atoms with Gasteiger partial charge in [0.05, 0.1) is 7.11 Å². The molecule has 1 N–H and O–H groups in total. The average molecular weight is 254 g/mol. The molecule has 0 atom stereocenters. The first-order valence-corrected chi connectivity index (χ1v) is 6.74. The lowest BCUT2D eigenvalue weighted by atomic mass is 9.95. The Morgan fingerprint density at radius 2 is 2.06 bits per heavy atom. The van der Waals surface area contributed by atoms with Gasteiger partial charge >= 0.3 is 0 Å². The van der Waals surface area contributed by atoms with Crippen LogP contribution in [0, 0.1) is 0 Å². The van der Waals surface area contributed by atoms with Gasteiger partial charge in [-0.25, -0.2) is 0 Å². The summed E-state index contributed by atoms with van der Waals surface area (Å²) in [6.45, 7) is 0.799. The van der Waals surface area contributed by atoms with Crippen LogP contribution in [0.4, 0.5) is 0 Å². The zero-order valence-corrected chi connectivity index (χ0v) is 11.1. The van der Waals surface area contributed by atoms with Crippen molar-refractivity contribution in [1.29, 1.82) is 0 Å². The molecule has 3 heteroatoms. The minimum absolute atomic E-state index is 0.643. The van der Waals surface area contributed by atoms with Gasteiger partial charge in [0.1, 0.15) is 5.75 Å². The van der Waals surface area contributed by atoms with E-state index >= 15 is 0 Å². The van der Waals surface area contributed by atoms with Crippen LogP contribution < -0.4 is 10.1 Å². The van der Waals surface area contributed by atoms with E-state index in [-0.39, 0.29) is 0 Å². The van der Waals surface area contributed by atoms with E-state index in [0.29, 0.717) is 6.04 Å². The van der Waals surface area contributed by atoms with Gasteiger partial charge < -0.3 is 10.1 Å². The Balaban J connectivity index is 1.97. The second kappa shape index (κ2) is 6.27. The summed E-state index contributed by atoms with van der Waals surface area (Å²) in [6, 6.07) is 6.45. The quantitative estimate of drug-likeness (QED) is 0.882. The van der Waals surface area contributed by atoms with Crippen LogP contribution in [0.15, 0.2) is 18.2 Å². The maximum atomic E-state index is 6.21. The van der Waals surface area contributed by atoms with Crippen molar-refractivity contribution < 1.29 is 4.74 Å². The average Bonchev–Trinajstić information content (AvgIpc) is 2.38. The lowest BCUT2D eigenvalue weighted by Gasteiger charge is -2.23. The molecule has 17 heavy (non-hydrogen) atoms. The van der Waals surface area contributed by atoms with Gasteiger partial charge in [0.25, 0.3) is 0 Å². The molecule has 0 aliphatic heterocycles. The molecule has 2 rings (SSSR count). The highest BCUT2D eigenvalue weighted by molar-refractivity contribution is 6.31. The van der Waals surface area contributed by atoms with E-state index in [1.807, 2.05) is 18.2 Å². The Labute approximate surface area is 108 Å². The maximum Gasteiger partial charge on any atom is 0.124 e. The molecular weight excluding hydrogens is 234 g/mol.